The fraction of sp³-hybridized carbons (Fsp3) is 0.214. The Morgan fingerprint density at radius 1 is 1.19 bits per heavy atom. The first kappa shape index (κ1) is 9.23. The van der Waals surface area contributed by atoms with Gasteiger partial charge in [-0.25, -0.2) is 0 Å². The minimum Gasteiger partial charge on any atom is -0.475 e. The van der Waals surface area contributed by atoms with E-state index in [-0.39, 0.29) is 6.10 Å². The van der Waals surface area contributed by atoms with Crippen LogP contribution in [0.5, 0.6) is 5.75 Å². The van der Waals surface area contributed by atoms with Crippen molar-refractivity contribution in [1.29, 1.82) is 5.26 Å². The van der Waals surface area contributed by atoms with Crippen molar-refractivity contribution < 1.29 is 4.74 Å². The summed E-state index contributed by atoms with van der Waals surface area (Å²) in [7, 11) is 0. The molecule has 1 atom stereocenters. The van der Waals surface area contributed by atoms with Crippen LogP contribution >= 0.6 is 0 Å². The smallest absolute Gasteiger partial charge is 0.184 e. The molecule has 0 aromatic heterocycles. The summed E-state index contributed by atoms with van der Waals surface area (Å²) in [5.74, 6) is 0.899. The zero-order chi connectivity index (χ0) is 11.0. The van der Waals surface area contributed by atoms with Gasteiger partial charge in [0.05, 0.1) is 0 Å². The Morgan fingerprint density at radius 3 is 2.94 bits per heavy atom. The molecule has 0 bridgehead atoms. The first-order valence-electron chi connectivity index (χ1n) is 5.45. The third-order valence-electron chi connectivity index (χ3n) is 3.04. The highest BCUT2D eigenvalue weighted by atomic mass is 16.5. The Labute approximate surface area is 94.1 Å². The van der Waals surface area contributed by atoms with Crippen LogP contribution in [0.1, 0.15) is 12.0 Å². The van der Waals surface area contributed by atoms with E-state index in [9.17, 15) is 0 Å². The maximum atomic E-state index is 8.91. The minimum atomic E-state index is -0.293. The molecule has 78 valence electrons. The lowest BCUT2D eigenvalue weighted by molar-refractivity contribution is 0.228. The molecule has 0 aliphatic carbocycles. The molecule has 1 aliphatic rings. The van der Waals surface area contributed by atoms with Crippen LogP contribution in [0.15, 0.2) is 36.4 Å². The molecule has 0 fully saturated rings. The van der Waals surface area contributed by atoms with Crippen LogP contribution in [-0.2, 0) is 6.42 Å². The molecule has 0 saturated carbocycles. The average Bonchev–Trinajstić information content (AvgIpc) is 2.38. The van der Waals surface area contributed by atoms with Gasteiger partial charge in [-0.2, -0.15) is 5.26 Å². The number of rotatable bonds is 0. The van der Waals surface area contributed by atoms with E-state index in [2.05, 4.69) is 24.3 Å². The molecule has 0 radical (unpaired) electrons. The summed E-state index contributed by atoms with van der Waals surface area (Å²) in [5, 5.41) is 11.2. The van der Waals surface area contributed by atoms with Crippen molar-refractivity contribution in [2.24, 2.45) is 0 Å². The maximum Gasteiger partial charge on any atom is 0.184 e. The molecule has 1 unspecified atom stereocenters. The van der Waals surface area contributed by atoms with Crippen molar-refractivity contribution in [1.82, 2.24) is 0 Å². The monoisotopic (exact) mass is 209 g/mol. The lowest BCUT2D eigenvalue weighted by Gasteiger charge is -2.22. The molecule has 0 amide bonds. The predicted molar refractivity (Wildman–Crippen MR) is 62.3 cm³/mol. The normalized spacial score (nSPS) is 18.6. The van der Waals surface area contributed by atoms with Crippen molar-refractivity contribution in [3.8, 4) is 11.8 Å². The van der Waals surface area contributed by atoms with Gasteiger partial charge in [0.1, 0.15) is 11.8 Å². The van der Waals surface area contributed by atoms with E-state index in [0.29, 0.717) is 0 Å². The van der Waals surface area contributed by atoms with E-state index < -0.39 is 0 Å². The second kappa shape index (κ2) is 3.53. The highest BCUT2D eigenvalue weighted by Crippen LogP contribution is 2.34. The Hall–Kier alpha value is -2.01. The molecular weight excluding hydrogens is 198 g/mol. The van der Waals surface area contributed by atoms with E-state index in [1.807, 2.05) is 18.2 Å². The van der Waals surface area contributed by atoms with Crippen LogP contribution < -0.4 is 4.74 Å². The molecule has 0 spiro atoms. The number of nitrogens with zero attached hydrogens (tertiary/aromatic N) is 1. The maximum absolute atomic E-state index is 8.91. The Bertz CT molecular complexity index is 583. The van der Waals surface area contributed by atoms with Gasteiger partial charge in [0.2, 0.25) is 0 Å². The van der Waals surface area contributed by atoms with Crippen LogP contribution in [-0.4, -0.2) is 6.10 Å². The molecule has 2 aromatic carbocycles. The zero-order valence-corrected chi connectivity index (χ0v) is 8.81. The van der Waals surface area contributed by atoms with Crippen molar-refractivity contribution in [2.45, 2.75) is 18.9 Å². The van der Waals surface area contributed by atoms with Crippen LogP contribution in [0.4, 0.5) is 0 Å². The number of ether oxygens (including phenoxy) is 1. The van der Waals surface area contributed by atoms with Crippen LogP contribution in [0, 0.1) is 11.3 Å². The first-order chi connectivity index (χ1) is 7.88. The van der Waals surface area contributed by atoms with Crippen LogP contribution in [0.25, 0.3) is 10.8 Å². The molecule has 1 aliphatic heterocycles. The summed E-state index contributed by atoms with van der Waals surface area (Å²) < 4.78 is 5.73. The highest BCUT2D eigenvalue weighted by molar-refractivity contribution is 5.89. The number of hydrogen-bond acceptors (Lipinski definition) is 2. The van der Waals surface area contributed by atoms with Crippen LogP contribution in [0.3, 0.4) is 0 Å². The van der Waals surface area contributed by atoms with Gasteiger partial charge in [-0.3, -0.25) is 0 Å². The third kappa shape index (κ3) is 1.33. The van der Waals surface area contributed by atoms with Gasteiger partial charge in [0, 0.05) is 11.8 Å². The summed E-state index contributed by atoms with van der Waals surface area (Å²) in [6.07, 6.45) is 1.43. The summed E-state index contributed by atoms with van der Waals surface area (Å²) in [6, 6.07) is 14.5. The van der Waals surface area contributed by atoms with E-state index >= 15 is 0 Å². The number of fused-ring (bicyclic) bond motifs is 3. The second-order valence-corrected chi connectivity index (χ2v) is 4.05. The van der Waals surface area contributed by atoms with Crippen molar-refractivity contribution in [2.75, 3.05) is 0 Å². The van der Waals surface area contributed by atoms with Crippen molar-refractivity contribution in [3.63, 3.8) is 0 Å². The average molecular weight is 209 g/mol. The van der Waals surface area contributed by atoms with Crippen molar-refractivity contribution >= 4 is 10.8 Å². The topological polar surface area (TPSA) is 33.0 Å². The number of hydrogen-bond donors (Lipinski definition) is 0. The molecule has 3 rings (SSSR count). The van der Waals surface area contributed by atoms with Gasteiger partial charge < -0.3 is 4.74 Å². The molecule has 16 heavy (non-hydrogen) atoms. The molecule has 2 nitrogen and oxygen atoms in total. The van der Waals surface area contributed by atoms with Gasteiger partial charge in [-0.05, 0) is 17.4 Å². The lowest BCUT2D eigenvalue weighted by atomic mass is 9.98. The number of benzene rings is 2. The van der Waals surface area contributed by atoms with Crippen molar-refractivity contribution in [3.05, 3.63) is 42.0 Å². The molecule has 0 saturated heterocycles. The quantitative estimate of drug-likeness (QED) is 0.668. The molecule has 2 heteroatoms. The SMILES string of the molecule is N#CC1CCc2ccc3ccccc3c2O1. The largest absolute Gasteiger partial charge is 0.475 e. The Kier molecular flexibility index (Phi) is 2.04. The van der Waals surface area contributed by atoms with Gasteiger partial charge in [-0.15, -0.1) is 0 Å². The Morgan fingerprint density at radius 2 is 2.06 bits per heavy atom. The summed E-state index contributed by atoms with van der Waals surface area (Å²) >= 11 is 0. The van der Waals surface area contributed by atoms with E-state index in [0.717, 1.165) is 24.0 Å². The summed E-state index contributed by atoms with van der Waals surface area (Å²) in [6.45, 7) is 0. The summed E-state index contributed by atoms with van der Waals surface area (Å²) in [5.41, 5.74) is 1.21. The van der Waals surface area contributed by atoms with E-state index in [1.54, 1.807) is 0 Å². The molecule has 0 N–H and O–H groups in total. The number of aryl methyl sites for hydroxylation is 1. The second-order valence-electron chi connectivity index (χ2n) is 4.05. The zero-order valence-electron chi connectivity index (χ0n) is 8.81. The highest BCUT2D eigenvalue weighted by Gasteiger charge is 2.20. The Balaban J connectivity index is 2.22. The first-order valence-corrected chi connectivity index (χ1v) is 5.45. The summed E-state index contributed by atoms with van der Waals surface area (Å²) in [4.78, 5) is 0. The fourth-order valence-electron chi connectivity index (χ4n) is 2.20. The predicted octanol–water partition coefficient (Wildman–Crippen LogP) is 3.06. The van der Waals surface area contributed by atoms with Gasteiger partial charge in [0.15, 0.2) is 6.10 Å². The lowest BCUT2D eigenvalue weighted by Crippen LogP contribution is -2.20. The standard InChI is InChI=1S/C14H11NO/c15-9-12-8-7-11-6-5-10-3-1-2-4-13(10)14(11)16-12/h1-6,12H,7-8H2. The van der Waals surface area contributed by atoms with Gasteiger partial charge >= 0.3 is 0 Å². The minimum absolute atomic E-state index is 0.293. The van der Waals surface area contributed by atoms with E-state index in [4.69, 9.17) is 10.00 Å². The van der Waals surface area contributed by atoms with Gasteiger partial charge in [0.25, 0.3) is 0 Å². The third-order valence-corrected chi connectivity index (χ3v) is 3.04. The fourth-order valence-corrected chi connectivity index (χ4v) is 2.20. The number of nitriles is 1. The van der Waals surface area contributed by atoms with Crippen LogP contribution in [0.2, 0.25) is 0 Å². The van der Waals surface area contributed by atoms with E-state index in [1.165, 1.54) is 10.9 Å². The molecule has 1 heterocycles. The van der Waals surface area contributed by atoms with Gasteiger partial charge in [-0.1, -0.05) is 36.4 Å². The molecule has 2 aromatic rings. The molecular formula is C14H11NO.